The maximum Gasteiger partial charge on any atom is 0.288 e. The zero-order valence-electron chi connectivity index (χ0n) is 16.0. The number of para-hydroxylation sites is 1. The molecular weight excluding hydrogens is 371 g/mol. The highest BCUT2D eigenvalue weighted by molar-refractivity contribution is 6.39. The molecule has 0 bridgehead atoms. The lowest BCUT2D eigenvalue weighted by Gasteiger charge is -2.30. The number of hydrogen-bond donors (Lipinski definition) is 2. The van der Waals surface area contributed by atoms with E-state index in [4.69, 9.17) is 0 Å². The first-order valence-corrected chi connectivity index (χ1v) is 9.87. The third-order valence-corrected chi connectivity index (χ3v) is 5.46. The number of rotatable bonds is 5. The van der Waals surface area contributed by atoms with Crippen LogP contribution in [0.25, 0.3) is 0 Å². The number of carbonyl (C=O) groups excluding carboxylic acids is 2. The van der Waals surface area contributed by atoms with Gasteiger partial charge in [0.2, 0.25) is 5.84 Å². The maximum absolute atomic E-state index is 13.4. The number of nitrogens with zero attached hydrogens (tertiary/aromatic N) is 2. The Labute approximate surface area is 168 Å². The van der Waals surface area contributed by atoms with Crippen LogP contribution in [0.15, 0.2) is 59.6 Å². The second-order valence-electron chi connectivity index (χ2n) is 7.39. The highest BCUT2D eigenvalue weighted by atomic mass is 19.1. The molecule has 29 heavy (non-hydrogen) atoms. The number of benzene rings is 2. The van der Waals surface area contributed by atoms with Crippen LogP contribution < -0.4 is 15.8 Å². The molecule has 1 heterocycles. The molecule has 1 saturated carbocycles. The standard InChI is InChI=1S/C22H23FN4O2/c23-17-12-10-16(11-13-17)20(15-6-4-5-7-15)25-22(29)21-24-14-19(28)27(26-21)18-8-2-1-3-9-18/h1-3,8-13,15,20H,4-7,14H2,(H,24,26)(H,25,29). The van der Waals surface area contributed by atoms with Crippen molar-refractivity contribution < 1.29 is 14.0 Å². The zero-order chi connectivity index (χ0) is 20.2. The molecule has 7 heteroatoms. The summed E-state index contributed by atoms with van der Waals surface area (Å²) in [6.45, 7) is -0.102. The van der Waals surface area contributed by atoms with Gasteiger partial charge in [-0.15, -0.1) is 0 Å². The highest BCUT2D eigenvalue weighted by Gasteiger charge is 2.31. The molecule has 2 aromatic rings. The first kappa shape index (κ1) is 19.1. The molecule has 2 aliphatic rings. The summed E-state index contributed by atoms with van der Waals surface area (Å²) in [6, 6.07) is 15.1. The van der Waals surface area contributed by atoms with Gasteiger partial charge in [0.05, 0.1) is 11.7 Å². The minimum Gasteiger partial charge on any atom is -0.342 e. The molecule has 0 aromatic heterocycles. The number of amidine groups is 1. The van der Waals surface area contributed by atoms with E-state index < -0.39 is 0 Å². The number of amides is 2. The third kappa shape index (κ3) is 4.29. The topological polar surface area (TPSA) is 73.8 Å². The first-order chi connectivity index (χ1) is 14.1. The number of carbonyl (C=O) groups is 2. The number of aliphatic imine (C=N–C) groups is 1. The average Bonchev–Trinajstić information content (AvgIpc) is 3.28. The van der Waals surface area contributed by atoms with E-state index in [9.17, 15) is 14.0 Å². The Balaban J connectivity index is 1.52. The van der Waals surface area contributed by atoms with Gasteiger partial charge in [-0.1, -0.05) is 43.2 Å². The summed E-state index contributed by atoms with van der Waals surface area (Å²) in [5.74, 6) is -0.530. The number of halogens is 1. The van der Waals surface area contributed by atoms with E-state index in [1.54, 1.807) is 24.3 Å². The van der Waals surface area contributed by atoms with Crippen LogP contribution in [0.5, 0.6) is 0 Å². The second-order valence-corrected chi connectivity index (χ2v) is 7.39. The van der Waals surface area contributed by atoms with Gasteiger partial charge in [-0.25, -0.2) is 9.40 Å². The lowest BCUT2D eigenvalue weighted by atomic mass is 9.91. The van der Waals surface area contributed by atoms with E-state index >= 15 is 0 Å². The Bertz CT molecular complexity index is 908. The molecule has 2 aromatic carbocycles. The largest absolute Gasteiger partial charge is 0.342 e. The lowest BCUT2D eigenvalue weighted by Crippen LogP contribution is -2.56. The quantitative estimate of drug-likeness (QED) is 0.818. The third-order valence-electron chi connectivity index (χ3n) is 5.46. The number of hydrazine groups is 1. The molecule has 1 aliphatic carbocycles. The van der Waals surface area contributed by atoms with Crippen LogP contribution in [0.2, 0.25) is 0 Å². The monoisotopic (exact) mass is 394 g/mol. The SMILES string of the molecule is O=C(NC(c1ccc(F)cc1)C1CCCC1)C1=NCC(=O)N(c2ccccc2)N1. The van der Waals surface area contributed by atoms with Gasteiger partial charge in [-0.05, 0) is 48.6 Å². The smallest absolute Gasteiger partial charge is 0.288 e. The van der Waals surface area contributed by atoms with Crippen LogP contribution in [0.1, 0.15) is 37.3 Å². The summed E-state index contributed by atoms with van der Waals surface area (Å²) in [7, 11) is 0. The summed E-state index contributed by atoms with van der Waals surface area (Å²) in [6.07, 6.45) is 4.26. The lowest BCUT2D eigenvalue weighted by molar-refractivity contribution is -0.118. The minimum atomic E-state index is -0.375. The summed E-state index contributed by atoms with van der Waals surface area (Å²) in [5.41, 5.74) is 4.35. The van der Waals surface area contributed by atoms with Gasteiger partial charge in [-0.3, -0.25) is 20.0 Å². The Morgan fingerprint density at radius 2 is 1.79 bits per heavy atom. The van der Waals surface area contributed by atoms with Crippen molar-refractivity contribution in [3.8, 4) is 0 Å². The Morgan fingerprint density at radius 1 is 1.10 bits per heavy atom. The molecule has 1 fully saturated rings. The normalized spacial score (nSPS) is 18.2. The minimum absolute atomic E-state index is 0.0959. The Kier molecular flexibility index (Phi) is 5.55. The van der Waals surface area contributed by atoms with Gasteiger partial charge in [0, 0.05) is 0 Å². The van der Waals surface area contributed by atoms with E-state index in [0.717, 1.165) is 31.2 Å². The number of anilines is 1. The van der Waals surface area contributed by atoms with Gasteiger partial charge in [0.15, 0.2) is 0 Å². The van der Waals surface area contributed by atoms with Crippen molar-refractivity contribution in [3.05, 3.63) is 66.0 Å². The fourth-order valence-electron chi connectivity index (χ4n) is 3.97. The molecule has 0 spiro atoms. The second kappa shape index (κ2) is 8.43. The molecule has 0 radical (unpaired) electrons. The molecule has 1 aliphatic heterocycles. The van der Waals surface area contributed by atoms with Crippen molar-refractivity contribution in [1.82, 2.24) is 10.7 Å². The van der Waals surface area contributed by atoms with Crippen molar-refractivity contribution in [1.29, 1.82) is 0 Å². The van der Waals surface area contributed by atoms with Crippen molar-refractivity contribution in [2.75, 3.05) is 11.6 Å². The molecule has 0 saturated heterocycles. The van der Waals surface area contributed by atoms with Crippen LogP contribution in [-0.4, -0.2) is 24.2 Å². The number of hydrogen-bond acceptors (Lipinski definition) is 4. The van der Waals surface area contributed by atoms with Crippen LogP contribution in [0, 0.1) is 11.7 Å². The van der Waals surface area contributed by atoms with Crippen molar-refractivity contribution in [2.45, 2.75) is 31.7 Å². The van der Waals surface area contributed by atoms with Gasteiger partial charge < -0.3 is 5.32 Å². The molecule has 2 N–H and O–H groups in total. The maximum atomic E-state index is 13.4. The van der Waals surface area contributed by atoms with Crippen LogP contribution in [-0.2, 0) is 9.59 Å². The predicted octanol–water partition coefficient (Wildman–Crippen LogP) is 3.12. The van der Waals surface area contributed by atoms with Crippen LogP contribution in [0.4, 0.5) is 10.1 Å². The molecule has 4 rings (SSSR count). The van der Waals surface area contributed by atoms with E-state index in [0.29, 0.717) is 11.6 Å². The van der Waals surface area contributed by atoms with Gasteiger partial charge in [0.1, 0.15) is 12.4 Å². The summed E-state index contributed by atoms with van der Waals surface area (Å²) < 4.78 is 13.4. The molecule has 2 amide bonds. The fourth-order valence-corrected chi connectivity index (χ4v) is 3.97. The predicted molar refractivity (Wildman–Crippen MR) is 109 cm³/mol. The highest BCUT2D eigenvalue weighted by Crippen LogP contribution is 2.35. The summed E-state index contributed by atoms with van der Waals surface area (Å²) >= 11 is 0. The van der Waals surface area contributed by atoms with Gasteiger partial charge >= 0.3 is 0 Å². The number of nitrogens with one attached hydrogen (secondary N) is 2. The summed E-state index contributed by atoms with van der Waals surface area (Å²) in [4.78, 5) is 29.3. The van der Waals surface area contributed by atoms with Gasteiger partial charge in [0.25, 0.3) is 11.8 Å². The van der Waals surface area contributed by atoms with E-state index in [-0.39, 0.29) is 36.1 Å². The van der Waals surface area contributed by atoms with Crippen LogP contribution in [0.3, 0.4) is 0 Å². The summed E-state index contributed by atoms with van der Waals surface area (Å²) in [5, 5.41) is 4.40. The van der Waals surface area contributed by atoms with E-state index in [1.165, 1.54) is 17.1 Å². The Hall–Kier alpha value is -3.22. The average molecular weight is 394 g/mol. The zero-order valence-corrected chi connectivity index (χ0v) is 16.0. The van der Waals surface area contributed by atoms with Gasteiger partial charge in [-0.2, -0.15) is 0 Å². The Morgan fingerprint density at radius 3 is 2.48 bits per heavy atom. The van der Waals surface area contributed by atoms with E-state index in [2.05, 4.69) is 15.7 Å². The van der Waals surface area contributed by atoms with E-state index in [1.807, 2.05) is 18.2 Å². The molecule has 150 valence electrons. The van der Waals surface area contributed by atoms with Crippen molar-refractivity contribution >= 4 is 23.3 Å². The first-order valence-electron chi connectivity index (χ1n) is 9.87. The fraction of sp³-hybridized carbons (Fsp3) is 0.318. The van der Waals surface area contributed by atoms with Crippen LogP contribution >= 0.6 is 0 Å². The molecule has 1 unspecified atom stereocenters. The van der Waals surface area contributed by atoms with Crippen molar-refractivity contribution in [2.24, 2.45) is 10.9 Å². The molecular formula is C22H23FN4O2. The molecule has 1 atom stereocenters. The molecule has 6 nitrogen and oxygen atoms in total. The van der Waals surface area contributed by atoms with Crippen molar-refractivity contribution in [3.63, 3.8) is 0 Å².